The number of nitrogens with one attached hydrogen (secondary N) is 1. The number of hydrogen-bond acceptors (Lipinski definition) is 4. The lowest BCUT2D eigenvalue weighted by molar-refractivity contribution is -0.110. The molecule has 0 fully saturated rings. The maximum atomic E-state index is 11.7. The Morgan fingerprint density at radius 1 is 1.64 bits per heavy atom. The van der Waals surface area contributed by atoms with Crippen LogP contribution in [0.5, 0.6) is 0 Å². The van der Waals surface area contributed by atoms with Crippen molar-refractivity contribution >= 4 is 17.4 Å². The normalized spacial score (nSPS) is 16.6. The van der Waals surface area contributed by atoms with E-state index >= 15 is 0 Å². The summed E-state index contributed by atoms with van der Waals surface area (Å²) in [5, 5.41) is 5.83. The van der Waals surface area contributed by atoms with E-state index in [1.54, 1.807) is 12.1 Å². The molecule has 2 rings (SSSR count). The van der Waals surface area contributed by atoms with Gasteiger partial charge in [0.2, 0.25) is 0 Å². The van der Waals surface area contributed by atoms with Crippen LogP contribution < -0.4 is 5.32 Å². The molecule has 0 aliphatic carbocycles. The van der Waals surface area contributed by atoms with Crippen LogP contribution in [0.15, 0.2) is 23.5 Å². The first kappa shape index (κ1) is 8.61. The minimum Gasteiger partial charge on any atom is -0.361 e. The standard InChI is InChI=1S/C8H6FN3O2/c9-4-14-12-6-5-2-1-3-10-7(5)11-8(6)13/h1-3H,4H2,(H,10,11,12,13). The van der Waals surface area contributed by atoms with Gasteiger partial charge in [0.15, 0.2) is 5.71 Å². The van der Waals surface area contributed by atoms with Gasteiger partial charge in [0.25, 0.3) is 12.8 Å². The summed E-state index contributed by atoms with van der Waals surface area (Å²) in [4.78, 5) is 19.3. The number of pyridine rings is 1. The molecule has 0 atom stereocenters. The Labute approximate surface area is 78.6 Å². The molecule has 0 spiro atoms. The Morgan fingerprint density at radius 2 is 2.50 bits per heavy atom. The number of amides is 1. The molecule has 1 aromatic rings. The number of halogens is 1. The summed E-state index contributed by atoms with van der Waals surface area (Å²) in [5.41, 5.74) is 0.566. The second-order valence-electron chi connectivity index (χ2n) is 2.53. The topological polar surface area (TPSA) is 63.6 Å². The maximum Gasteiger partial charge on any atom is 0.279 e. The van der Waals surface area contributed by atoms with Crippen LogP contribution in [-0.4, -0.2) is 23.5 Å². The van der Waals surface area contributed by atoms with Gasteiger partial charge in [-0.25, -0.2) is 9.37 Å². The van der Waals surface area contributed by atoms with E-state index in [1.165, 1.54) is 6.20 Å². The quantitative estimate of drug-likeness (QED) is 0.706. The Hall–Kier alpha value is -1.98. The third-order valence-electron chi connectivity index (χ3n) is 1.71. The van der Waals surface area contributed by atoms with Crippen molar-refractivity contribution in [3.63, 3.8) is 0 Å². The number of alkyl halides is 1. The van der Waals surface area contributed by atoms with E-state index in [4.69, 9.17) is 0 Å². The lowest BCUT2D eigenvalue weighted by atomic mass is 10.2. The highest BCUT2D eigenvalue weighted by molar-refractivity contribution is 6.53. The van der Waals surface area contributed by atoms with E-state index in [0.29, 0.717) is 11.4 Å². The van der Waals surface area contributed by atoms with E-state index < -0.39 is 12.8 Å². The van der Waals surface area contributed by atoms with E-state index in [2.05, 4.69) is 20.3 Å². The number of anilines is 1. The van der Waals surface area contributed by atoms with E-state index in [9.17, 15) is 9.18 Å². The van der Waals surface area contributed by atoms with Gasteiger partial charge in [-0.15, -0.1) is 0 Å². The van der Waals surface area contributed by atoms with Crippen LogP contribution in [0.4, 0.5) is 10.2 Å². The van der Waals surface area contributed by atoms with Crippen LogP contribution in [0.1, 0.15) is 5.56 Å². The summed E-state index contributed by atoms with van der Waals surface area (Å²) in [7, 11) is 0. The van der Waals surface area contributed by atoms with Gasteiger partial charge < -0.3 is 10.2 Å². The Morgan fingerprint density at radius 3 is 3.29 bits per heavy atom. The van der Waals surface area contributed by atoms with Crippen LogP contribution in [-0.2, 0) is 9.63 Å². The van der Waals surface area contributed by atoms with Gasteiger partial charge in [-0.2, -0.15) is 0 Å². The van der Waals surface area contributed by atoms with E-state index in [-0.39, 0.29) is 5.71 Å². The van der Waals surface area contributed by atoms with Crippen molar-refractivity contribution in [3.05, 3.63) is 23.9 Å². The summed E-state index contributed by atoms with van der Waals surface area (Å²) in [6.45, 7) is -1.06. The van der Waals surface area contributed by atoms with Gasteiger partial charge in [-0.1, -0.05) is 5.16 Å². The first-order valence-electron chi connectivity index (χ1n) is 3.85. The molecule has 1 aromatic heterocycles. The molecule has 0 bridgehead atoms. The largest absolute Gasteiger partial charge is 0.361 e. The van der Waals surface area contributed by atoms with Crippen molar-refractivity contribution in [1.82, 2.24) is 4.98 Å². The molecule has 0 unspecified atom stereocenters. The second-order valence-corrected chi connectivity index (χ2v) is 2.53. The van der Waals surface area contributed by atoms with Crippen LogP contribution in [0.2, 0.25) is 0 Å². The number of carbonyl (C=O) groups is 1. The van der Waals surface area contributed by atoms with Crippen molar-refractivity contribution in [2.45, 2.75) is 0 Å². The van der Waals surface area contributed by atoms with Gasteiger partial charge in [-0.3, -0.25) is 4.79 Å². The molecule has 0 saturated carbocycles. The molecule has 2 heterocycles. The van der Waals surface area contributed by atoms with E-state index in [0.717, 1.165) is 0 Å². The summed E-state index contributed by atoms with van der Waals surface area (Å²) in [6, 6.07) is 3.31. The number of oxime groups is 1. The third-order valence-corrected chi connectivity index (χ3v) is 1.71. The number of aromatic nitrogens is 1. The molecule has 0 radical (unpaired) electrons. The number of nitrogens with zero attached hydrogens (tertiary/aromatic N) is 2. The second kappa shape index (κ2) is 3.41. The minimum absolute atomic E-state index is 0.0470. The number of fused-ring (bicyclic) bond motifs is 1. The monoisotopic (exact) mass is 195 g/mol. The minimum atomic E-state index is -1.06. The average molecular weight is 195 g/mol. The molecule has 1 amide bonds. The van der Waals surface area contributed by atoms with E-state index in [1.807, 2.05) is 0 Å². The summed E-state index contributed by atoms with van der Waals surface area (Å²) >= 11 is 0. The Kier molecular flexibility index (Phi) is 2.10. The predicted octanol–water partition coefficient (Wildman–Crippen LogP) is 0.681. The molecule has 1 N–H and O–H groups in total. The number of hydrogen-bond donors (Lipinski definition) is 1. The molecule has 72 valence electrons. The lowest BCUT2D eigenvalue weighted by Gasteiger charge is -1.94. The van der Waals surface area contributed by atoms with Gasteiger partial charge in [0.1, 0.15) is 5.82 Å². The molecular weight excluding hydrogens is 189 g/mol. The molecule has 1 aliphatic heterocycles. The zero-order valence-corrected chi connectivity index (χ0v) is 7.03. The first-order valence-corrected chi connectivity index (χ1v) is 3.85. The molecule has 0 aromatic carbocycles. The first-order chi connectivity index (χ1) is 6.83. The van der Waals surface area contributed by atoms with Crippen molar-refractivity contribution in [1.29, 1.82) is 0 Å². The van der Waals surface area contributed by atoms with Crippen LogP contribution >= 0.6 is 0 Å². The lowest BCUT2D eigenvalue weighted by Crippen LogP contribution is -2.14. The highest BCUT2D eigenvalue weighted by Gasteiger charge is 2.27. The smallest absolute Gasteiger partial charge is 0.279 e. The summed E-state index contributed by atoms with van der Waals surface area (Å²) < 4.78 is 11.7. The Bertz CT molecular complexity index is 405. The predicted molar refractivity (Wildman–Crippen MR) is 46.5 cm³/mol. The summed E-state index contributed by atoms with van der Waals surface area (Å²) in [6.07, 6.45) is 1.54. The van der Waals surface area contributed by atoms with Crippen molar-refractivity contribution in [2.75, 3.05) is 12.2 Å². The molecule has 0 saturated heterocycles. The highest BCUT2D eigenvalue weighted by Crippen LogP contribution is 2.19. The molecular formula is C8H6FN3O2. The van der Waals surface area contributed by atoms with Gasteiger partial charge in [-0.05, 0) is 12.1 Å². The number of rotatable bonds is 2. The summed E-state index contributed by atoms with van der Waals surface area (Å²) in [5.74, 6) is -0.0224. The number of carbonyl (C=O) groups excluding carboxylic acids is 1. The zero-order valence-electron chi connectivity index (χ0n) is 7.03. The van der Waals surface area contributed by atoms with Crippen molar-refractivity contribution < 1.29 is 14.0 Å². The molecule has 14 heavy (non-hydrogen) atoms. The van der Waals surface area contributed by atoms with Crippen molar-refractivity contribution in [2.24, 2.45) is 5.16 Å². The average Bonchev–Trinajstić information content (AvgIpc) is 2.51. The fourth-order valence-electron chi connectivity index (χ4n) is 1.16. The molecule has 6 heteroatoms. The van der Waals surface area contributed by atoms with Crippen LogP contribution in [0.25, 0.3) is 0 Å². The zero-order chi connectivity index (χ0) is 9.97. The van der Waals surface area contributed by atoms with Crippen molar-refractivity contribution in [3.8, 4) is 0 Å². The highest BCUT2D eigenvalue weighted by atomic mass is 19.1. The molecule has 5 nitrogen and oxygen atoms in total. The maximum absolute atomic E-state index is 11.7. The SMILES string of the molecule is O=C1Nc2ncccc2C1=NOCF. The fourth-order valence-corrected chi connectivity index (χ4v) is 1.16. The Balaban J connectivity index is 2.39. The van der Waals surface area contributed by atoms with Gasteiger partial charge >= 0.3 is 0 Å². The fraction of sp³-hybridized carbons (Fsp3) is 0.125. The third kappa shape index (κ3) is 1.30. The van der Waals surface area contributed by atoms with Gasteiger partial charge in [0, 0.05) is 6.20 Å². The molecule has 1 aliphatic rings. The van der Waals surface area contributed by atoms with Crippen LogP contribution in [0, 0.1) is 0 Å². The van der Waals surface area contributed by atoms with Gasteiger partial charge in [0.05, 0.1) is 5.56 Å². The van der Waals surface area contributed by atoms with Crippen LogP contribution in [0.3, 0.4) is 0 Å².